The third-order valence-electron chi connectivity index (χ3n) is 3.92. The molecule has 0 aliphatic heterocycles. The van der Waals surface area contributed by atoms with Crippen molar-refractivity contribution in [2.24, 2.45) is 5.92 Å². The van der Waals surface area contributed by atoms with E-state index < -0.39 is 0 Å². The van der Waals surface area contributed by atoms with Gasteiger partial charge in [-0.05, 0) is 43.0 Å². The average molecular weight is 290 g/mol. The van der Waals surface area contributed by atoms with Gasteiger partial charge in [0, 0.05) is 12.6 Å². The summed E-state index contributed by atoms with van der Waals surface area (Å²) in [6, 6.07) is 5.54. The molecule has 0 unspecified atom stereocenters. The minimum atomic E-state index is -0.151. The van der Waals surface area contributed by atoms with Crippen LogP contribution in [0.1, 0.15) is 25.7 Å². The smallest absolute Gasteiger partial charge is 0.253 e. The number of aliphatic hydroxyl groups is 1. The van der Waals surface area contributed by atoms with Gasteiger partial charge in [-0.1, -0.05) is 6.07 Å². The summed E-state index contributed by atoms with van der Waals surface area (Å²) in [6.07, 6.45) is 5.17. The van der Waals surface area contributed by atoms with Gasteiger partial charge in [0.15, 0.2) is 0 Å². The molecule has 0 spiro atoms. The molecule has 4 nitrogen and oxygen atoms in total. The molecule has 1 aliphatic rings. The second-order valence-electron chi connectivity index (χ2n) is 5.42. The van der Waals surface area contributed by atoms with E-state index in [-0.39, 0.29) is 11.7 Å². The highest BCUT2D eigenvalue weighted by Gasteiger charge is 2.20. The van der Waals surface area contributed by atoms with Gasteiger partial charge in [0.2, 0.25) is 0 Å². The molecule has 1 saturated carbocycles. The van der Waals surface area contributed by atoms with Gasteiger partial charge in [0.25, 0.3) is 5.56 Å². The first kappa shape index (κ1) is 13.5. The SMILES string of the molecule is O=c1cc(-c2cccs2)ncn1CC1CCC(O)CC1. The molecule has 2 heterocycles. The van der Waals surface area contributed by atoms with Crippen LogP contribution in [0.2, 0.25) is 0 Å². The Bertz CT molecular complexity index is 613. The normalized spacial score (nSPS) is 22.9. The van der Waals surface area contributed by atoms with Crippen LogP contribution >= 0.6 is 11.3 Å². The van der Waals surface area contributed by atoms with E-state index in [2.05, 4.69) is 4.98 Å². The molecule has 3 rings (SSSR count). The first-order chi connectivity index (χ1) is 9.72. The van der Waals surface area contributed by atoms with Gasteiger partial charge >= 0.3 is 0 Å². The molecule has 1 fully saturated rings. The Morgan fingerprint density at radius 2 is 2.15 bits per heavy atom. The molecule has 2 aromatic heterocycles. The van der Waals surface area contributed by atoms with Crippen LogP contribution in [-0.4, -0.2) is 20.8 Å². The Morgan fingerprint density at radius 1 is 1.35 bits per heavy atom. The van der Waals surface area contributed by atoms with E-state index in [1.165, 1.54) is 0 Å². The van der Waals surface area contributed by atoms with Crippen LogP contribution in [0, 0.1) is 5.92 Å². The molecule has 0 amide bonds. The molecule has 0 aromatic carbocycles. The molecular weight excluding hydrogens is 272 g/mol. The van der Waals surface area contributed by atoms with Gasteiger partial charge in [0.1, 0.15) is 0 Å². The molecule has 1 N–H and O–H groups in total. The lowest BCUT2D eigenvalue weighted by Crippen LogP contribution is -2.27. The van der Waals surface area contributed by atoms with Crippen molar-refractivity contribution in [1.82, 2.24) is 9.55 Å². The molecule has 20 heavy (non-hydrogen) atoms. The first-order valence-electron chi connectivity index (χ1n) is 7.01. The molecule has 5 heteroatoms. The van der Waals surface area contributed by atoms with E-state index in [1.807, 2.05) is 17.5 Å². The van der Waals surface area contributed by atoms with Gasteiger partial charge in [-0.3, -0.25) is 9.36 Å². The lowest BCUT2D eigenvalue weighted by atomic mass is 9.87. The maximum Gasteiger partial charge on any atom is 0.253 e. The fraction of sp³-hybridized carbons (Fsp3) is 0.467. The van der Waals surface area contributed by atoms with Gasteiger partial charge in [0.05, 0.1) is 23.0 Å². The van der Waals surface area contributed by atoms with Crippen LogP contribution in [0.15, 0.2) is 34.7 Å². The Morgan fingerprint density at radius 3 is 2.80 bits per heavy atom. The van der Waals surface area contributed by atoms with Gasteiger partial charge in [-0.2, -0.15) is 0 Å². The number of hydrogen-bond acceptors (Lipinski definition) is 4. The first-order valence-corrected chi connectivity index (χ1v) is 7.89. The maximum absolute atomic E-state index is 12.2. The topological polar surface area (TPSA) is 55.1 Å². The van der Waals surface area contributed by atoms with Gasteiger partial charge < -0.3 is 5.11 Å². The molecule has 2 aromatic rings. The van der Waals surface area contributed by atoms with Crippen molar-refractivity contribution in [2.45, 2.75) is 38.3 Å². The highest BCUT2D eigenvalue weighted by atomic mass is 32.1. The quantitative estimate of drug-likeness (QED) is 0.945. The molecule has 0 atom stereocenters. The summed E-state index contributed by atoms with van der Waals surface area (Å²) in [5.74, 6) is 0.477. The van der Waals surface area contributed by atoms with Crippen LogP contribution in [0.25, 0.3) is 10.6 Å². The zero-order valence-corrected chi connectivity index (χ0v) is 12.1. The van der Waals surface area contributed by atoms with Gasteiger partial charge in [-0.15, -0.1) is 11.3 Å². The number of rotatable bonds is 3. The number of nitrogens with zero attached hydrogens (tertiary/aromatic N) is 2. The standard InChI is InChI=1S/C15H18N2O2S/c18-12-5-3-11(4-6-12)9-17-10-16-13(8-15(17)19)14-2-1-7-20-14/h1-2,7-8,10-12,18H,3-6,9H2. The lowest BCUT2D eigenvalue weighted by molar-refractivity contribution is 0.104. The highest BCUT2D eigenvalue weighted by Crippen LogP contribution is 2.25. The summed E-state index contributed by atoms with van der Waals surface area (Å²) < 4.78 is 1.69. The van der Waals surface area contributed by atoms with Crippen LogP contribution < -0.4 is 5.56 Å². The third-order valence-corrected chi connectivity index (χ3v) is 4.82. The zero-order valence-electron chi connectivity index (χ0n) is 11.2. The van der Waals surface area contributed by atoms with Crippen molar-refractivity contribution >= 4 is 11.3 Å². The number of aliphatic hydroxyl groups excluding tert-OH is 1. The Kier molecular flexibility index (Phi) is 3.98. The predicted molar refractivity (Wildman–Crippen MR) is 79.8 cm³/mol. The van der Waals surface area contributed by atoms with Crippen LogP contribution in [-0.2, 0) is 6.54 Å². The summed E-state index contributed by atoms with van der Waals surface area (Å²) in [4.78, 5) is 17.6. The van der Waals surface area contributed by atoms with E-state index in [4.69, 9.17) is 0 Å². The molecule has 1 aliphatic carbocycles. The molecule has 0 bridgehead atoms. The van der Waals surface area contributed by atoms with Crippen molar-refractivity contribution in [1.29, 1.82) is 0 Å². The largest absolute Gasteiger partial charge is 0.393 e. The molecular formula is C15H18N2O2S. The van der Waals surface area contributed by atoms with Crippen molar-refractivity contribution in [3.63, 3.8) is 0 Å². The highest BCUT2D eigenvalue weighted by molar-refractivity contribution is 7.13. The molecule has 0 saturated heterocycles. The van der Waals surface area contributed by atoms with Gasteiger partial charge in [-0.25, -0.2) is 4.98 Å². The maximum atomic E-state index is 12.2. The Labute approximate surface area is 121 Å². The monoisotopic (exact) mass is 290 g/mol. The third kappa shape index (κ3) is 2.99. The van der Waals surface area contributed by atoms with Crippen molar-refractivity contribution < 1.29 is 5.11 Å². The summed E-state index contributed by atoms with van der Waals surface area (Å²) in [6.45, 7) is 0.712. The fourth-order valence-corrected chi connectivity index (χ4v) is 3.42. The van der Waals surface area contributed by atoms with Crippen LogP contribution in [0.5, 0.6) is 0 Å². The molecule has 0 radical (unpaired) electrons. The van der Waals surface area contributed by atoms with Crippen molar-refractivity contribution in [2.75, 3.05) is 0 Å². The van der Waals surface area contributed by atoms with Crippen LogP contribution in [0.3, 0.4) is 0 Å². The number of hydrogen-bond donors (Lipinski definition) is 1. The van der Waals surface area contributed by atoms with E-state index in [0.29, 0.717) is 12.5 Å². The van der Waals surface area contributed by atoms with Crippen molar-refractivity contribution in [3.05, 3.63) is 40.3 Å². The number of thiophene rings is 1. The van der Waals surface area contributed by atoms with E-state index in [0.717, 1.165) is 36.3 Å². The average Bonchev–Trinajstić information content (AvgIpc) is 2.97. The Hall–Kier alpha value is -1.46. The summed E-state index contributed by atoms with van der Waals surface area (Å²) in [7, 11) is 0. The van der Waals surface area contributed by atoms with Crippen LogP contribution in [0.4, 0.5) is 0 Å². The van der Waals surface area contributed by atoms with E-state index >= 15 is 0 Å². The van der Waals surface area contributed by atoms with E-state index in [1.54, 1.807) is 28.3 Å². The second-order valence-corrected chi connectivity index (χ2v) is 6.36. The van der Waals surface area contributed by atoms with Crippen molar-refractivity contribution in [3.8, 4) is 10.6 Å². The molecule has 106 valence electrons. The summed E-state index contributed by atoms with van der Waals surface area (Å²) in [5, 5.41) is 11.5. The summed E-state index contributed by atoms with van der Waals surface area (Å²) >= 11 is 1.59. The zero-order chi connectivity index (χ0) is 13.9. The minimum absolute atomic E-state index is 0.00882. The lowest BCUT2D eigenvalue weighted by Gasteiger charge is -2.25. The predicted octanol–water partition coefficient (Wildman–Crippen LogP) is 2.52. The summed E-state index contributed by atoms with van der Waals surface area (Å²) in [5.41, 5.74) is 0.759. The Balaban J connectivity index is 1.73. The fourth-order valence-electron chi connectivity index (χ4n) is 2.73. The second kappa shape index (κ2) is 5.89. The van der Waals surface area contributed by atoms with E-state index in [9.17, 15) is 9.90 Å². The minimum Gasteiger partial charge on any atom is -0.393 e. The number of aromatic nitrogens is 2.